The summed E-state index contributed by atoms with van der Waals surface area (Å²) in [6, 6.07) is 86.0. The number of nitrogens with zero attached hydrogens (tertiary/aromatic N) is 4. The average Bonchev–Trinajstić information content (AvgIpc) is 3.77. The van der Waals surface area contributed by atoms with E-state index in [-0.39, 0.29) is 5.56 Å². The van der Waals surface area contributed by atoms with Crippen LogP contribution >= 0.6 is 0 Å². The Morgan fingerprint density at radius 2 is 0.836 bits per heavy atom. The van der Waals surface area contributed by atoms with Gasteiger partial charge >= 0.3 is 6.18 Å². The fourth-order valence-corrected chi connectivity index (χ4v) is 15.4. The maximum Gasteiger partial charge on any atom is 0.417 e. The van der Waals surface area contributed by atoms with Gasteiger partial charge in [0.2, 0.25) is 0 Å². The zero-order valence-corrected chi connectivity index (χ0v) is 40.7. The fraction of sp³-hybridized carbons (Fsp3) is 0.0308. The van der Waals surface area contributed by atoms with Crippen molar-refractivity contribution in [3.63, 3.8) is 0 Å². The van der Waals surface area contributed by atoms with Gasteiger partial charge in [-0.1, -0.05) is 230 Å². The molecule has 0 radical (unpaired) electrons. The van der Waals surface area contributed by atoms with Crippen LogP contribution in [0.25, 0.3) is 83.9 Å². The predicted octanol–water partition coefficient (Wildman–Crippen LogP) is 14.0. The molecule has 0 N–H and O–H groups in total. The highest BCUT2D eigenvalue weighted by Crippen LogP contribution is 2.42. The van der Waals surface area contributed by atoms with E-state index in [1.54, 1.807) is 25.1 Å². The lowest BCUT2D eigenvalue weighted by molar-refractivity contribution is -0.137. The van der Waals surface area contributed by atoms with Gasteiger partial charge in [0.15, 0.2) is 25.5 Å². The van der Waals surface area contributed by atoms with Crippen LogP contribution in [0.15, 0.2) is 255 Å². The summed E-state index contributed by atoms with van der Waals surface area (Å²) in [6.45, 7) is 1.68. The van der Waals surface area contributed by atoms with E-state index in [0.717, 1.165) is 55.3 Å². The predicted molar refractivity (Wildman–Crippen MR) is 295 cm³/mol. The first kappa shape index (κ1) is 45.2. The number of benzene rings is 10. The minimum atomic E-state index is -4.56. The first-order valence-corrected chi connectivity index (χ1v) is 26.2. The maximum atomic E-state index is 14.8. The van der Waals surface area contributed by atoms with E-state index in [4.69, 9.17) is 15.0 Å². The van der Waals surface area contributed by atoms with Gasteiger partial charge in [-0.25, -0.2) is 15.0 Å². The van der Waals surface area contributed by atoms with Gasteiger partial charge in [0, 0.05) is 27.5 Å². The Morgan fingerprint density at radius 1 is 0.356 bits per heavy atom. The quantitative estimate of drug-likeness (QED) is 0.101. The largest absolute Gasteiger partial charge is 0.417 e. The number of para-hydroxylation sites is 1. The van der Waals surface area contributed by atoms with Gasteiger partial charge < -0.3 is 4.57 Å². The molecule has 10 aromatic carbocycles. The van der Waals surface area contributed by atoms with Gasteiger partial charge in [-0.2, -0.15) is 13.2 Å². The van der Waals surface area contributed by atoms with E-state index < -0.39 is 19.8 Å². The number of hydrogen-bond acceptors (Lipinski definition) is 3. The van der Waals surface area contributed by atoms with Crippen LogP contribution in [0.4, 0.5) is 13.2 Å². The average molecular weight is 967 g/mol. The molecule has 0 saturated heterocycles. The Balaban J connectivity index is 1.14. The molecule has 4 nitrogen and oxygen atoms in total. The van der Waals surface area contributed by atoms with Gasteiger partial charge in [0.25, 0.3) is 0 Å². The molecule has 12 rings (SSSR count). The molecule has 0 unspecified atom stereocenters. The van der Waals surface area contributed by atoms with Crippen LogP contribution in [-0.2, 0) is 6.18 Å². The van der Waals surface area contributed by atoms with Crippen LogP contribution in [0.3, 0.4) is 0 Å². The van der Waals surface area contributed by atoms with Gasteiger partial charge in [0.05, 0.1) is 22.3 Å². The van der Waals surface area contributed by atoms with E-state index in [9.17, 15) is 13.2 Å². The highest BCUT2D eigenvalue weighted by molar-refractivity contribution is 7.19. The molecule has 0 saturated carbocycles. The van der Waals surface area contributed by atoms with Gasteiger partial charge in [0.1, 0.15) is 0 Å². The molecule has 0 fully saturated rings. The SMILES string of the molecule is Cc1ccc(-c2ccc3c4ccccc4n(-c4ccc(-c5cccc([Si](c6ccccc6)(c6ccccc6)c6ccccc6)c5)cc4-c4nc(-c5ccccc5)nc(-c5ccccc5)n4)c3c2)c(C(F)(F)F)c1. The third-order valence-electron chi connectivity index (χ3n) is 13.9. The van der Waals surface area contributed by atoms with Crippen molar-refractivity contribution in [3.05, 3.63) is 266 Å². The van der Waals surface area contributed by atoms with Crippen LogP contribution in [-0.4, -0.2) is 27.6 Å². The summed E-state index contributed by atoms with van der Waals surface area (Å²) in [5, 5.41) is 6.89. The lowest BCUT2D eigenvalue weighted by atomic mass is 9.96. The van der Waals surface area contributed by atoms with Crippen LogP contribution in [0, 0.1) is 6.92 Å². The highest BCUT2D eigenvalue weighted by Gasteiger charge is 2.41. The van der Waals surface area contributed by atoms with Crippen LogP contribution < -0.4 is 20.7 Å². The molecule has 2 heterocycles. The van der Waals surface area contributed by atoms with E-state index in [0.29, 0.717) is 28.6 Å². The zero-order chi connectivity index (χ0) is 49.5. The molecule has 0 aliphatic carbocycles. The third-order valence-corrected chi connectivity index (χ3v) is 18.7. The first-order valence-electron chi connectivity index (χ1n) is 24.2. The maximum absolute atomic E-state index is 14.8. The normalized spacial score (nSPS) is 11.8. The molecule has 0 spiro atoms. The minimum Gasteiger partial charge on any atom is -0.308 e. The van der Waals surface area contributed by atoms with Gasteiger partial charge in [-0.15, -0.1) is 0 Å². The van der Waals surface area contributed by atoms with E-state index in [1.807, 2.05) is 84.9 Å². The monoisotopic (exact) mass is 966 g/mol. The smallest absolute Gasteiger partial charge is 0.308 e. The molecular formula is C65H45F3N4Si. The van der Waals surface area contributed by atoms with Crippen LogP contribution in [0.5, 0.6) is 0 Å². The fourth-order valence-electron chi connectivity index (χ4n) is 10.6. The minimum absolute atomic E-state index is 0.117. The van der Waals surface area contributed by atoms with Crippen molar-refractivity contribution in [1.29, 1.82) is 0 Å². The highest BCUT2D eigenvalue weighted by atomic mass is 28.3. The lowest BCUT2D eigenvalue weighted by Gasteiger charge is -2.34. The van der Waals surface area contributed by atoms with Gasteiger partial charge in [-0.3, -0.25) is 0 Å². The van der Waals surface area contributed by atoms with Crippen LogP contribution in [0.1, 0.15) is 11.1 Å². The molecule has 0 bridgehead atoms. The molecule has 8 heteroatoms. The number of alkyl halides is 3. The summed E-state index contributed by atoms with van der Waals surface area (Å²) in [4.78, 5) is 15.7. The molecular weight excluding hydrogens is 922 g/mol. The number of fused-ring (bicyclic) bond motifs is 3. The Labute approximate surface area is 422 Å². The van der Waals surface area contributed by atoms with Crippen molar-refractivity contribution in [2.45, 2.75) is 13.1 Å². The number of aromatic nitrogens is 4. The summed E-state index contributed by atoms with van der Waals surface area (Å²) in [6.07, 6.45) is -4.56. The second kappa shape index (κ2) is 18.6. The molecule has 350 valence electrons. The Hall–Kier alpha value is -8.98. The molecule has 73 heavy (non-hydrogen) atoms. The summed E-state index contributed by atoms with van der Waals surface area (Å²) in [5.74, 6) is 1.47. The standard InChI is InChI=1S/C65H45F3N4Si/c1-44-34-37-54(58(40-44)65(66,67)68)49-35-38-56-55-32-17-18-33-59(55)72(61(56)43-49)60-39-36-48(42-57(60)64-70-62(45-20-7-2-8-21-45)69-63(71-64)46-22-9-3-10-23-46)47-24-19-31-53(41-47)73(50-25-11-4-12-26-50,51-27-13-5-14-28-51)52-29-15-6-16-30-52/h2-43H,1H3. The number of hydrogen-bond donors (Lipinski definition) is 0. The lowest BCUT2D eigenvalue weighted by Crippen LogP contribution is -2.74. The van der Waals surface area contributed by atoms with Gasteiger partial charge in [-0.05, 0) is 80.3 Å². The van der Waals surface area contributed by atoms with Crippen molar-refractivity contribution >= 4 is 50.6 Å². The second-order valence-electron chi connectivity index (χ2n) is 18.3. The van der Waals surface area contributed by atoms with E-state index in [2.05, 4.69) is 150 Å². The van der Waals surface area contributed by atoms with E-state index in [1.165, 1.54) is 26.8 Å². The first-order chi connectivity index (χ1) is 35.7. The van der Waals surface area contributed by atoms with Crippen molar-refractivity contribution in [2.24, 2.45) is 0 Å². The molecule has 0 atom stereocenters. The summed E-state index contributed by atoms with van der Waals surface area (Å²) < 4.78 is 46.5. The Morgan fingerprint density at radius 3 is 1.42 bits per heavy atom. The number of halogens is 3. The van der Waals surface area contributed by atoms with Crippen molar-refractivity contribution < 1.29 is 13.2 Å². The summed E-state index contributed by atoms with van der Waals surface area (Å²) >= 11 is 0. The Kier molecular flexibility index (Phi) is 11.5. The molecule has 2 aromatic heterocycles. The summed E-state index contributed by atoms with van der Waals surface area (Å²) in [7, 11) is -2.91. The van der Waals surface area contributed by atoms with Crippen LogP contribution in [0.2, 0.25) is 0 Å². The third kappa shape index (κ3) is 8.21. The number of aryl methyl sites for hydroxylation is 1. The molecule has 0 amide bonds. The second-order valence-corrected chi connectivity index (χ2v) is 22.1. The molecule has 0 aliphatic heterocycles. The molecule has 12 aromatic rings. The summed E-state index contributed by atoms with van der Waals surface area (Å²) in [5.41, 5.74) is 7.16. The Bertz CT molecular complexity index is 3800. The van der Waals surface area contributed by atoms with Crippen molar-refractivity contribution in [1.82, 2.24) is 19.5 Å². The topological polar surface area (TPSA) is 43.6 Å². The van der Waals surface area contributed by atoms with E-state index >= 15 is 0 Å². The van der Waals surface area contributed by atoms with Crippen molar-refractivity contribution in [3.8, 4) is 62.1 Å². The number of rotatable bonds is 10. The molecule has 0 aliphatic rings. The zero-order valence-electron chi connectivity index (χ0n) is 39.7. The van der Waals surface area contributed by atoms with Crippen molar-refractivity contribution in [2.75, 3.05) is 0 Å².